The van der Waals surface area contributed by atoms with E-state index < -0.39 is 8.24 Å². The smallest absolute Gasteiger partial charge is 0.136 e. The Balaban J connectivity index is 4.35. The molecule has 0 bridgehead atoms. The monoisotopic (exact) mass is 181 g/mol. The third-order valence-electron chi connectivity index (χ3n) is 2.14. The Morgan fingerprint density at radius 3 is 1.50 bits per heavy atom. The van der Waals surface area contributed by atoms with Gasteiger partial charge in [0, 0.05) is 0 Å². The first kappa shape index (κ1) is 11.4. The molecule has 0 aliphatic carbocycles. The van der Waals surface area contributed by atoms with Gasteiger partial charge in [-0.1, -0.05) is 18.2 Å². The summed E-state index contributed by atoms with van der Waals surface area (Å²) in [6, 6.07) is 3.25. The fraction of sp³-hybridized carbons (Fsp3) is 0.400. The first-order valence-electron chi connectivity index (χ1n) is 4.26. The quantitative estimate of drug-likeness (QED) is 0.470. The van der Waals surface area contributed by atoms with E-state index in [0.29, 0.717) is 0 Å². The van der Waals surface area contributed by atoms with Gasteiger partial charge < -0.3 is 4.98 Å². The van der Waals surface area contributed by atoms with Gasteiger partial charge in [0.15, 0.2) is 0 Å². The summed E-state index contributed by atoms with van der Waals surface area (Å²) in [6.45, 7) is 11.4. The van der Waals surface area contributed by atoms with Crippen LogP contribution in [0.25, 0.3) is 0 Å². The zero-order valence-electron chi connectivity index (χ0n) is 7.97. The highest BCUT2D eigenvalue weighted by molar-refractivity contribution is 6.78. The Labute approximate surface area is 77.0 Å². The molecule has 0 rings (SSSR count). The summed E-state index contributed by atoms with van der Waals surface area (Å²) < 4.78 is 0. The van der Waals surface area contributed by atoms with Crippen molar-refractivity contribution in [3.8, 4) is 0 Å². The van der Waals surface area contributed by atoms with Crippen molar-refractivity contribution in [2.45, 2.75) is 18.1 Å². The van der Waals surface area contributed by atoms with Gasteiger partial charge in [0.05, 0.1) is 0 Å². The highest BCUT2D eigenvalue weighted by Crippen LogP contribution is 2.18. The molecule has 1 nitrogen and oxygen atoms in total. The van der Waals surface area contributed by atoms with E-state index in [0.717, 1.165) is 18.1 Å². The molecular weight excluding hydrogens is 162 g/mol. The largest absolute Gasteiger partial charge is 0.339 e. The summed E-state index contributed by atoms with van der Waals surface area (Å²) in [5.74, 6) is 0. The molecule has 0 radical (unpaired) electrons. The fourth-order valence-electron chi connectivity index (χ4n) is 1.39. The lowest BCUT2D eigenvalue weighted by Crippen LogP contribution is -2.46. The number of rotatable bonds is 7. The summed E-state index contributed by atoms with van der Waals surface area (Å²) in [5, 5.41) is 0. The van der Waals surface area contributed by atoms with Crippen LogP contribution >= 0.6 is 0 Å². The van der Waals surface area contributed by atoms with Gasteiger partial charge in [0.2, 0.25) is 0 Å². The van der Waals surface area contributed by atoms with Crippen molar-refractivity contribution in [1.82, 2.24) is 4.98 Å². The number of hydrogen-bond donors (Lipinski definition) is 1. The van der Waals surface area contributed by atoms with Crippen LogP contribution in [-0.2, 0) is 0 Å². The van der Waals surface area contributed by atoms with Gasteiger partial charge in [-0.15, -0.1) is 19.7 Å². The molecule has 2 heteroatoms. The summed E-state index contributed by atoms with van der Waals surface area (Å²) >= 11 is 0. The molecule has 12 heavy (non-hydrogen) atoms. The Kier molecular flexibility index (Phi) is 5.67. The molecule has 0 unspecified atom stereocenters. The highest BCUT2D eigenvalue weighted by atomic mass is 28.3. The lowest BCUT2D eigenvalue weighted by molar-refractivity contribution is 1.09. The maximum atomic E-state index is 3.78. The number of hydrogen-bond acceptors (Lipinski definition) is 1. The molecular formula is C10H19NSi. The average molecular weight is 181 g/mol. The van der Waals surface area contributed by atoms with E-state index in [1.807, 2.05) is 25.3 Å². The summed E-state index contributed by atoms with van der Waals surface area (Å²) in [6.07, 6.45) is 5.99. The van der Waals surface area contributed by atoms with Crippen LogP contribution in [0.2, 0.25) is 18.1 Å². The van der Waals surface area contributed by atoms with Gasteiger partial charge >= 0.3 is 0 Å². The predicted molar refractivity (Wildman–Crippen MR) is 59.8 cm³/mol. The molecule has 1 N–H and O–H groups in total. The number of allylic oxidation sites excluding steroid dienone is 3. The van der Waals surface area contributed by atoms with E-state index in [2.05, 4.69) is 24.7 Å². The molecule has 0 atom stereocenters. The Bertz CT molecular complexity index is 137. The van der Waals surface area contributed by atoms with E-state index in [4.69, 9.17) is 0 Å². The van der Waals surface area contributed by atoms with Crippen LogP contribution in [0, 0.1) is 0 Å². The third kappa shape index (κ3) is 3.20. The minimum atomic E-state index is -1.37. The standard InChI is InChI=1S/C10H19NSi/c1-5-8-12(11-4,9-6-2)10-7-3/h5-7,11H,1-3,8-10H2,4H3. The van der Waals surface area contributed by atoms with Crippen molar-refractivity contribution < 1.29 is 0 Å². The van der Waals surface area contributed by atoms with Crippen LogP contribution in [0.5, 0.6) is 0 Å². The normalized spacial score (nSPS) is 10.8. The summed E-state index contributed by atoms with van der Waals surface area (Å²) in [7, 11) is 0.657. The highest BCUT2D eigenvalue weighted by Gasteiger charge is 2.26. The van der Waals surface area contributed by atoms with Crippen LogP contribution in [-0.4, -0.2) is 15.3 Å². The molecule has 0 saturated heterocycles. The third-order valence-corrected chi connectivity index (χ3v) is 6.41. The van der Waals surface area contributed by atoms with Crippen molar-refractivity contribution in [1.29, 1.82) is 0 Å². The average Bonchev–Trinajstić information content (AvgIpc) is 2.06. The molecule has 0 aromatic rings. The van der Waals surface area contributed by atoms with Gasteiger partial charge in [0.25, 0.3) is 0 Å². The second kappa shape index (κ2) is 5.97. The lowest BCUT2D eigenvalue weighted by Gasteiger charge is -2.27. The second-order valence-corrected chi connectivity index (χ2v) is 7.29. The van der Waals surface area contributed by atoms with Crippen LogP contribution in [0.15, 0.2) is 38.0 Å². The van der Waals surface area contributed by atoms with Crippen LogP contribution < -0.4 is 4.98 Å². The van der Waals surface area contributed by atoms with Crippen LogP contribution in [0.3, 0.4) is 0 Å². The molecule has 0 aromatic carbocycles. The number of nitrogens with one attached hydrogen (secondary N) is 1. The first-order chi connectivity index (χ1) is 5.74. The topological polar surface area (TPSA) is 12.0 Å². The van der Waals surface area contributed by atoms with E-state index in [1.54, 1.807) is 0 Å². The lowest BCUT2D eigenvalue weighted by atomic mass is 10.7. The van der Waals surface area contributed by atoms with E-state index in [-0.39, 0.29) is 0 Å². The van der Waals surface area contributed by atoms with Crippen LogP contribution in [0.1, 0.15) is 0 Å². The summed E-state index contributed by atoms with van der Waals surface area (Å²) in [4.78, 5) is 3.44. The van der Waals surface area contributed by atoms with Crippen LogP contribution in [0.4, 0.5) is 0 Å². The van der Waals surface area contributed by atoms with E-state index in [9.17, 15) is 0 Å². The van der Waals surface area contributed by atoms with Gasteiger partial charge in [-0.3, -0.25) is 0 Å². The molecule has 0 amide bonds. The zero-order valence-corrected chi connectivity index (χ0v) is 8.97. The molecule has 0 saturated carbocycles. The van der Waals surface area contributed by atoms with Gasteiger partial charge in [-0.05, 0) is 25.2 Å². The minimum Gasteiger partial charge on any atom is -0.339 e. The second-order valence-electron chi connectivity index (χ2n) is 3.01. The van der Waals surface area contributed by atoms with Gasteiger partial charge in [-0.2, -0.15) is 0 Å². The molecule has 68 valence electrons. The Hall–Kier alpha value is -0.603. The summed E-state index contributed by atoms with van der Waals surface area (Å²) in [5.41, 5.74) is 0. The van der Waals surface area contributed by atoms with Crippen molar-refractivity contribution in [2.75, 3.05) is 7.05 Å². The van der Waals surface area contributed by atoms with E-state index >= 15 is 0 Å². The van der Waals surface area contributed by atoms with Gasteiger partial charge in [0.1, 0.15) is 8.24 Å². The van der Waals surface area contributed by atoms with E-state index in [1.165, 1.54) is 0 Å². The first-order valence-corrected chi connectivity index (χ1v) is 6.88. The minimum absolute atomic E-state index is 1.08. The molecule has 0 fully saturated rings. The maximum Gasteiger partial charge on any atom is 0.136 e. The molecule has 0 heterocycles. The van der Waals surface area contributed by atoms with Crippen molar-refractivity contribution >= 4 is 8.24 Å². The van der Waals surface area contributed by atoms with Crippen molar-refractivity contribution in [3.63, 3.8) is 0 Å². The Morgan fingerprint density at radius 1 is 1.00 bits per heavy atom. The van der Waals surface area contributed by atoms with Crippen molar-refractivity contribution in [3.05, 3.63) is 38.0 Å². The molecule has 0 aliphatic heterocycles. The molecule has 0 aliphatic rings. The molecule has 0 aromatic heterocycles. The predicted octanol–water partition coefficient (Wildman–Crippen LogP) is 2.71. The SMILES string of the molecule is C=CC[Si](CC=C)(CC=C)NC. The van der Waals surface area contributed by atoms with Gasteiger partial charge in [-0.25, -0.2) is 0 Å². The fourth-order valence-corrected chi connectivity index (χ4v) is 4.16. The van der Waals surface area contributed by atoms with Crippen molar-refractivity contribution in [2.24, 2.45) is 0 Å². The Morgan fingerprint density at radius 2 is 1.33 bits per heavy atom. The zero-order chi connectivity index (χ0) is 9.45. The maximum absolute atomic E-state index is 3.78. The molecule has 0 spiro atoms.